The number of nitro benzene ring substituents is 1. The van der Waals surface area contributed by atoms with E-state index in [9.17, 15) is 10.1 Å². The normalized spacial score (nSPS) is 10.2. The molecule has 4 nitrogen and oxygen atoms in total. The van der Waals surface area contributed by atoms with E-state index in [0.29, 0.717) is 23.0 Å². The van der Waals surface area contributed by atoms with Crippen LogP contribution in [0.1, 0.15) is 16.7 Å². The molecule has 0 bridgehead atoms. The van der Waals surface area contributed by atoms with Crippen molar-refractivity contribution >= 4 is 28.9 Å². The Morgan fingerprint density at radius 1 is 0.885 bits per heavy atom. The quantitative estimate of drug-likeness (QED) is 0.367. The molecule has 7 heteroatoms. The van der Waals surface area contributed by atoms with E-state index in [-0.39, 0.29) is 18.1 Å². The van der Waals surface area contributed by atoms with Gasteiger partial charge in [0.1, 0.15) is 0 Å². The maximum atomic E-state index is 10.7. The number of rotatable bonds is 5. The van der Waals surface area contributed by atoms with Gasteiger partial charge in [0.05, 0.1) is 20.5 Å². The van der Waals surface area contributed by atoms with E-state index < -0.39 is 4.92 Å². The Labute approximate surface area is 167 Å². The van der Waals surface area contributed by atoms with E-state index in [1.165, 1.54) is 12.1 Å². The van der Waals surface area contributed by atoms with Crippen LogP contribution in [0, 0.1) is 10.1 Å². The van der Waals surface area contributed by atoms with Crippen molar-refractivity contribution in [2.24, 2.45) is 0 Å². The van der Waals surface area contributed by atoms with Gasteiger partial charge in [-0.15, -0.1) is 0 Å². The van der Waals surface area contributed by atoms with Crippen molar-refractivity contribution in [3.63, 3.8) is 0 Å². The van der Waals surface area contributed by atoms with E-state index >= 15 is 0 Å². The van der Waals surface area contributed by atoms with Crippen molar-refractivity contribution in [1.82, 2.24) is 0 Å². The molecule has 3 aromatic rings. The summed E-state index contributed by atoms with van der Waals surface area (Å²) >= 11 is 12.4. The van der Waals surface area contributed by atoms with Crippen molar-refractivity contribution in [1.29, 1.82) is 0 Å². The minimum atomic E-state index is -0.394. The molecule has 26 heavy (non-hydrogen) atoms. The molecule has 1 heterocycles. The number of hydrogen-bond acceptors (Lipinski definition) is 2. The van der Waals surface area contributed by atoms with Crippen LogP contribution in [0.15, 0.2) is 67.0 Å². The van der Waals surface area contributed by atoms with Crippen molar-refractivity contribution in [3.05, 3.63) is 104 Å². The van der Waals surface area contributed by atoms with Gasteiger partial charge in [-0.25, -0.2) is 4.57 Å². The van der Waals surface area contributed by atoms with Gasteiger partial charge in [-0.05, 0) is 29.7 Å². The molecule has 0 atom stereocenters. The van der Waals surface area contributed by atoms with Gasteiger partial charge in [0, 0.05) is 24.3 Å². The molecule has 0 N–H and O–H groups in total. The van der Waals surface area contributed by atoms with Crippen LogP contribution in [-0.2, 0) is 13.0 Å². The van der Waals surface area contributed by atoms with Crippen molar-refractivity contribution < 1.29 is 21.9 Å². The molecular weight excluding hydrogens is 395 g/mol. The van der Waals surface area contributed by atoms with E-state index in [4.69, 9.17) is 23.2 Å². The van der Waals surface area contributed by atoms with Crippen LogP contribution in [0.3, 0.4) is 0 Å². The van der Waals surface area contributed by atoms with E-state index in [1.54, 1.807) is 12.1 Å². The first-order valence-electron chi connectivity index (χ1n) is 7.67. The van der Waals surface area contributed by atoms with Crippen molar-refractivity contribution in [2.45, 2.75) is 13.0 Å². The molecule has 0 spiro atoms. The van der Waals surface area contributed by atoms with Crippen LogP contribution in [-0.4, -0.2) is 4.92 Å². The zero-order valence-corrected chi connectivity index (χ0v) is 15.9. The third kappa shape index (κ3) is 4.94. The van der Waals surface area contributed by atoms with Crippen molar-refractivity contribution in [3.8, 4) is 0 Å². The average Bonchev–Trinajstić information content (AvgIpc) is 2.60. The molecule has 3 rings (SSSR count). The van der Waals surface area contributed by atoms with Crippen LogP contribution >= 0.6 is 23.2 Å². The second-order valence-corrected chi connectivity index (χ2v) is 6.49. The maximum absolute atomic E-state index is 10.7. The lowest BCUT2D eigenvalue weighted by molar-refractivity contribution is -0.688. The lowest BCUT2D eigenvalue weighted by Gasteiger charge is -2.05. The molecule has 0 fully saturated rings. The summed E-state index contributed by atoms with van der Waals surface area (Å²) in [4.78, 5) is 10.3. The van der Waals surface area contributed by atoms with Gasteiger partial charge >= 0.3 is 0 Å². The van der Waals surface area contributed by atoms with Gasteiger partial charge in [-0.2, -0.15) is 0 Å². The second kappa shape index (κ2) is 8.99. The van der Waals surface area contributed by atoms with Gasteiger partial charge in [-0.3, -0.25) is 10.1 Å². The summed E-state index contributed by atoms with van der Waals surface area (Å²) < 4.78 is 2.01. The summed E-state index contributed by atoms with van der Waals surface area (Å²) in [6, 6.07) is 16.1. The molecular formula is C19H15Cl3N2O2. The highest BCUT2D eigenvalue weighted by Gasteiger charge is 2.11. The Morgan fingerprint density at radius 3 is 1.96 bits per heavy atom. The monoisotopic (exact) mass is 408 g/mol. The zero-order valence-electron chi connectivity index (χ0n) is 13.6. The van der Waals surface area contributed by atoms with Gasteiger partial charge in [-0.1, -0.05) is 41.4 Å². The van der Waals surface area contributed by atoms with Crippen LogP contribution in [0.5, 0.6) is 0 Å². The van der Waals surface area contributed by atoms with E-state index in [2.05, 4.69) is 0 Å². The maximum Gasteiger partial charge on any atom is 0.269 e. The van der Waals surface area contributed by atoms with Gasteiger partial charge in [0.2, 0.25) is 0 Å². The molecule has 134 valence electrons. The van der Waals surface area contributed by atoms with Crippen LogP contribution in [0.2, 0.25) is 10.0 Å². The van der Waals surface area contributed by atoms with Gasteiger partial charge in [0.25, 0.3) is 5.69 Å². The fourth-order valence-corrected chi connectivity index (χ4v) is 3.07. The summed E-state index contributed by atoms with van der Waals surface area (Å²) in [6.07, 6.45) is 4.66. The number of nitrogens with zero attached hydrogens (tertiary/aromatic N) is 2. The number of aromatic nitrogens is 1. The lowest BCUT2D eigenvalue weighted by atomic mass is 10.1. The van der Waals surface area contributed by atoms with Crippen LogP contribution in [0.4, 0.5) is 5.69 Å². The highest BCUT2D eigenvalue weighted by Crippen LogP contribution is 2.23. The minimum absolute atomic E-state index is 0. The van der Waals surface area contributed by atoms with Gasteiger partial charge < -0.3 is 12.4 Å². The summed E-state index contributed by atoms with van der Waals surface area (Å²) in [5.74, 6) is 0. The highest BCUT2D eigenvalue weighted by atomic mass is 35.5. The second-order valence-electron chi connectivity index (χ2n) is 5.68. The Hall–Kier alpha value is -2.14. The summed E-state index contributed by atoms with van der Waals surface area (Å²) in [7, 11) is 0. The highest BCUT2D eigenvalue weighted by molar-refractivity contribution is 6.35. The first kappa shape index (κ1) is 20.2. The largest absolute Gasteiger partial charge is 1.00 e. The van der Waals surface area contributed by atoms with Crippen molar-refractivity contribution in [2.75, 3.05) is 0 Å². The first-order chi connectivity index (χ1) is 12.0. The summed E-state index contributed by atoms with van der Waals surface area (Å²) in [5.41, 5.74) is 3.14. The average molecular weight is 410 g/mol. The molecule has 0 amide bonds. The first-order valence-corrected chi connectivity index (χ1v) is 8.43. The number of halogens is 3. The van der Waals surface area contributed by atoms with Crippen LogP contribution < -0.4 is 17.0 Å². The topological polar surface area (TPSA) is 47.0 Å². The fraction of sp³-hybridized carbons (Fsp3) is 0.105. The summed E-state index contributed by atoms with van der Waals surface area (Å²) in [5, 5.41) is 12.0. The van der Waals surface area contributed by atoms with E-state index in [0.717, 1.165) is 16.7 Å². The standard InChI is InChI=1S/C19H15Cl2N2O2.ClH/c20-18-2-1-3-19(21)17(18)13-22-10-8-15(9-11-22)12-14-4-6-16(7-5-14)23(24)25;/h1-11H,12-13H2;1H/q+1;/p-1. The smallest absolute Gasteiger partial charge is 0.269 e. The molecule has 0 aliphatic rings. The molecule has 0 unspecified atom stereocenters. The van der Waals surface area contributed by atoms with E-state index in [1.807, 2.05) is 47.3 Å². The lowest BCUT2D eigenvalue weighted by Crippen LogP contribution is -3.00. The number of nitro groups is 1. The number of non-ortho nitro benzene ring substituents is 1. The number of benzene rings is 2. The summed E-state index contributed by atoms with van der Waals surface area (Å²) in [6.45, 7) is 0.594. The van der Waals surface area contributed by atoms with Gasteiger partial charge in [0.15, 0.2) is 18.9 Å². The predicted octanol–water partition coefficient (Wildman–Crippen LogP) is 1.83. The minimum Gasteiger partial charge on any atom is -1.00 e. The SMILES string of the molecule is O=[N+]([O-])c1ccc(Cc2cc[n+](Cc3c(Cl)cccc3Cl)cc2)cc1.[Cl-]. The molecule has 1 aromatic heterocycles. The molecule has 0 aliphatic carbocycles. The Bertz CT molecular complexity index is 877. The molecule has 2 aromatic carbocycles. The number of pyridine rings is 1. The number of hydrogen-bond donors (Lipinski definition) is 0. The zero-order chi connectivity index (χ0) is 17.8. The molecule has 0 saturated carbocycles. The molecule has 0 radical (unpaired) electrons. The fourth-order valence-electron chi connectivity index (χ4n) is 2.55. The molecule has 0 aliphatic heterocycles. The van der Waals surface area contributed by atoms with Crippen LogP contribution in [0.25, 0.3) is 0 Å². The Morgan fingerprint density at radius 2 is 1.42 bits per heavy atom. The predicted molar refractivity (Wildman–Crippen MR) is 98.1 cm³/mol. The third-order valence-corrected chi connectivity index (χ3v) is 4.63. The Balaban J connectivity index is 0.00000243. The Kier molecular flexibility index (Phi) is 6.98. The molecule has 0 saturated heterocycles. The third-order valence-electron chi connectivity index (χ3n) is 3.92.